The van der Waals surface area contributed by atoms with E-state index < -0.39 is 17.5 Å². The van der Waals surface area contributed by atoms with Crippen molar-refractivity contribution >= 4 is 27.7 Å². The quantitative estimate of drug-likeness (QED) is 0.393. The molecule has 0 atom stereocenters. The van der Waals surface area contributed by atoms with Crippen LogP contribution in [0.2, 0.25) is 0 Å². The molecule has 0 unspecified atom stereocenters. The molecule has 0 spiro atoms. The van der Waals surface area contributed by atoms with Gasteiger partial charge in [-0.2, -0.15) is 0 Å². The highest BCUT2D eigenvalue weighted by Gasteiger charge is 2.17. The van der Waals surface area contributed by atoms with E-state index in [-0.39, 0.29) is 0 Å². The Bertz CT molecular complexity index is 1460. The van der Waals surface area contributed by atoms with Crippen molar-refractivity contribution in [3.05, 3.63) is 108 Å². The molecule has 0 radical (unpaired) electrons. The molecule has 0 aliphatic rings. The Kier molecular flexibility index (Phi) is 4.51. The van der Waals surface area contributed by atoms with Crippen LogP contribution in [-0.4, -0.2) is 10.5 Å². The number of nitrogens with zero attached hydrogens (tertiary/aromatic N) is 1. The number of carbonyl (C=O) groups excluding carboxylic acids is 1. The number of rotatable bonds is 4. The predicted octanol–water partition coefficient (Wildman–Crippen LogP) is 5.89. The van der Waals surface area contributed by atoms with E-state index in [0.717, 1.165) is 39.0 Å². The number of amides is 1. The molecule has 0 fully saturated rings. The number of fused-ring (bicyclic) bond motifs is 3. The molecule has 0 saturated heterocycles. The minimum Gasteiger partial charge on any atom is -0.366 e. The first-order valence-electron chi connectivity index (χ1n) is 9.87. The zero-order valence-corrected chi connectivity index (χ0v) is 16.5. The molecular weight excluding hydrogens is 394 g/mol. The highest BCUT2D eigenvalue weighted by atomic mass is 19.2. The van der Waals surface area contributed by atoms with Gasteiger partial charge in [-0.05, 0) is 47.0 Å². The lowest BCUT2D eigenvalue weighted by Crippen LogP contribution is -2.11. The first kappa shape index (κ1) is 19.0. The predicted molar refractivity (Wildman–Crippen MR) is 119 cm³/mol. The van der Waals surface area contributed by atoms with Gasteiger partial charge >= 0.3 is 0 Å². The van der Waals surface area contributed by atoms with Crippen molar-refractivity contribution in [2.75, 3.05) is 0 Å². The maximum absolute atomic E-state index is 13.8. The summed E-state index contributed by atoms with van der Waals surface area (Å²) in [7, 11) is 0. The molecule has 31 heavy (non-hydrogen) atoms. The van der Waals surface area contributed by atoms with Crippen LogP contribution in [0.4, 0.5) is 8.78 Å². The summed E-state index contributed by atoms with van der Waals surface area (Å²) in [5.74, 6) is -2.28. The largest absolute Gasteiger partial charge is 0.366 e. The van der Waals surface area contributed by atoms with E-state index >= 15 is 0 Å². The zero-order valence-electron chi connectivity index (χ0n) is 16.5. The van der Waals surface area contributed by atoms with Gasteiger partial charge in [-0.1, -0.05) is 54.6 Å². The van der Waals surface area contributed by atoms with Crippen LogP contribution in [0.15, 0.2) is 84.9 Å². The van der Waals surface area contributed by atoms with Crippen molar-refractivity contribution < 1.29 is 13.6 Å². The number of hydrogen-bond acceptors (Lipinski definition) is 1. The van der Waals surface area contributed by atoms with E-state index in [1.54, 1.807) is 18.2 Å². The van der Waals surface area contributed by atoms with Gasteiger partial charge in [-0.3, -0.25) is 4.79 Å². The van der Waals surface area contributed by atoms with Crippen molar-refractivity contribution in [2.24, 2.45) is 5.73 Å². The molecule has 0 saturated carbocycles. The second-order valence-electron chi connectivity index (χ2n) is 7.50. The lowest BCUT2D eigenvalue weighted by Gasteiger charge is -2.10. The summed E-state index contributed by atoms with van der Waals surface area (Å²) < 4.78 is 29.3. The van der Waals surface area contributed by atoms with Gasteiger partial charge in [-0.15, -0.1) is 0 Å². The molecule has 5 heteroatoms. The smallest absolute Gasteiger partial charge is 0.249 e. The van der Waals surface area contributed by atoms with Crippen LogP contribution in [0.3, 0.4) is 0 Å². The second kappa shape index (κ2) is 7.36. The van der Waals surface area contributed by atoms with Gasteiger partial charge in [0.25, 0.3) is 0 Å². The number of primary amides is 1. The normalized spacial score (nSPS) is 11.3. The molecule has 1 heterocycles. The van der Waals surface area contributed by atoms with Crippen LogP contribution in [0, 0.1) is 11.6 Å². The first-order chi connectivity index (χ1) is 15.0. The third kappa shape index (κ3) is 3.24. The summed E-state index contributed by atoms with van der Waals surface area (Å²) in [5.41, 5.74) is 10.5. The highest BCUT2D eigenvalue weighted by Crippen LogP contribution is 2.35. The van der Waals surface area contributed by atoms with Crippen LogP contribution in [-0.2, 0) is 6.54 Å². The van der Waals surface area contributed by atoms with Crippen molar-refractivity contribution in [1.82, 2.24) is 4.57 Å². The average molecular weight is 412 g/mol. The van der Waals surface area contributed by atoms with Crippen LogP contribution in [0.25, 0.3) is 32.9 Å². The molecule has 5 rings (SSSR count). The number of halogens is 2. The maximum Gasteiger partial charge on any atom is 0.249 e. The summed E-state index contributed by atoms with van der Waals surface area (Å²) in [6.45, 7) is 0.317. The molecular formula is C26H18F2N2O. The van der Waals surface area contributed by atoms with E-state index in [1.165, 1.54) is 6.07 Å². The molecule has 2 N–H and O–H groups in total. The Morgan fingerprint density at radius 3 is 2.32 bits per heavy atom. The zero-order chi connectivity index (χ0) is 21.5. The van der Waals surface area contributed by atoms with Crippen LogP contribution in [0.5, 0.6) is 0 Å². The van der Waals surface area contributed by atoms with Gasteiger partial charge in [-0.25, -0.2) is 8.78 Å². The fraction of sp³-hybridized carbons (Fsp3) is 0.0385. The Morgan fingerprint density at radius 1 is 0.774 bits per heavy atom. The molecule has 1 aromatic heterocycles. The summed E-state index contributed by atoms with van der Waals surface area (Å²) in [4.78, 5) is 12.1. The molecule has 5 aromatic rings. The molecule has 3 nitrogen and oxygen atoms in total. The minimum absolute atomic E-state index is 0.317. The standard InChI is InChI=1S/C26H18F2N2O/c27-21-12-9-16(13-22(21)28)15-30-23-8-4-7-20(26(29)31)25(23)19-11-10-18(14-24(19)30)17-5-2-1-3-6-17/h1-14H,15H2,(H2,29,31). The lowest BCUT2D eigenvalue weighted by atomic mass is 10.0. The molecule has 152 valence electrons. The third-order valence-electron chi connectivity index (χ3n) is 5.59. The van der Waals surface area contributed by atoms with Gasteiger partial charge in [0.2, 0.25) is 5.91 Å². The Hall–Kier alpha value is -3.99. The van der Waals surface area contributed by atoms with Gasteiger partial charge < -0.3 is 10.3 Å². The number of hydrogen-bond donors (Lipinski definition) is 1. The van der Waals surface area contributed by atoms with E-state index in [0.29, 0.717) is 17.7 Å². The van der Waals surface area contributed by atoms with Crippen molar-refractivity contribution in [3.8, 4) is 11.1 Å². The minimum atomic E-state index is -0.888. The number of nitrogens with two attached hydrogens (primary N) is 1. The topological polar surface area (TPSA) is 48.0 Å². The summed E-state index contributed by atoms with van der Waals surface area (Å²) >= 11 is 0. The Balaban J connectivity index is 1.80. The molecule has 1 amide bonds. The number of carbonyl (C=O) groups is 1. The monoisotopic (exact) mass is 412 g/mol. The Morgan fingerprint density at radius 2 is 1.58 bits per heavy atom. The van der Waals surface area contributed by atoms with Crippen LogP contribution in [0.1, 0.15) is 15.9 Å². The fourth-order valence-electron chi connectivity index (χ4n) is 4.15. The van der Waals surface area contributed by atoms with Crippen molar-refractivity contribution in [1.29, 1.82) is 0 Å². The molecule has 0 aliphatic carbocycles. The molecule has 0 aliphatic heterocycles. The average Bonchev–Trinajstić information content (AvgIpc) is 3.10. The second-order valence-corrected chi connectivity index (χ2v) is 7.50. The van der Waals surface area contributed by atoms with Crippen LogP contribution >= 0.6 is 0 Å². The lowest BCUT2D eigenvalue weighted by molar-refractivity contribution is 0.100. The van der Waals surface area contributed by atoms with E-state index in [4.69, 9.17) is 5.73 Å². The van der Waals surface area contributed by atoms with Crippen molar-refractivity contribution in [3.63, 3.8) is 0 Å². The van der Waals surface area contributed by atoms with Gasteiger partial charge in [0, 0.05) is 22.9 Å². The molecule has 4 aromatic carbocycles. The SMILES string of the molecule is NC(=O)c1cccc2c1c1ccc(-c3ccccc3)cc1n2Cc1ccc(F)c(F)c1. The van der Waals surface area contributed by atoms with E-state index in [9.17, 15) is 13.6 Å². The Labute approximate surface area is 177 Å². The molecule has 0 bridgehead atoms. The van der Waals surface area contributed by atoms with Gasteiger partial charge in [0.1, 0.15) is 0 Å². The first-order valence-corrected chi connectivity index (χ1v) is 9.87. The number of aromatic nitrogens is 1. The highest BCUT2D eigenvalue weighted by molar-refractivity contribution is 6.18. The third-order valence-corrected chi connectivity index (χ3v) is 5.59. The van der Waals surface area contributed by atoms with E-state index in [1.807, 2.05) is 53.1 Å². The van der Waals surface area contributed by atoms with Crippen molar-refractivity contribution in [2.45, 2.75) is 6.54 Å². The van der Waals surface area contributed by atoms with E-state index in [2.05, 4.69) is 6.07 Å². The van der Waals surface area contributed by atoms with Gasteiger partial charge in [0.15, 0.2) is 11.6 Å². The fourth-order valence-corrected chi connectivity index (χ4v) is 4.15. The maximum atomic E-state index is 13.8. The summed E-state index contributed by atoms with van der Waals surface area (Å²) in [5, 5.41) is 1.64. The van der Waals surface area contributed by atoms with Gasteiger partial charge in [0.05, 0.1) is 11.0 Å². The summed E-state index contributed by atoms with van der Waals surface area (Å²) in [6, 6.07) is 25.3. The summed E-state index contributed by atoms with van der Waals surface area (Å²) in [6.07, 6.45) is 0. The van der Waals surface area contributed by atoms with Crippen LogP contribution < -0.4 is 5.73 Å². The number of benzene rings is 4.